The second kappa shape index (κ2) is 4.86. The molecule has 0 bridgehead atoms. The fourth-order valence-electron chi connectivity index (χ4n) is 2.65. The van der Waals surface area contributed by atoms with Gasteiger partial charge in [-0.05, 0) is 49.7 Å². The normalized spacial score (nSPS) is 25.9. The van der Waals surface area contributed by atoms with Gasteiger partial charge >= 0.3 is 0 Å². The third-order valence-corrected chi connectivity index (χ3v) is 4.61. The van der Waals surface area contributed by atoms with E-state index in [0.29, 0.717) is 6.04 Å². The summed E-state index contributed by atoms with van der Waals surface area (Å²) in [5.74, 6) is 0.821. The predicted octanol–water partition coefficient (Wildman–Crippen LogP) is 2.79. The standard InChI is InChI=1S/C13H22N2S/c1-9-4-6-15(8-9)12(11(3)14)13-10(2)5-7-16-13/h5,7,9,11-12H,4,6,8,14H2,1-3H3. The van der Waals surface area contributed by atoms with E-state index in [0.717, 1.165) is 5.92 Å². The van der Waals surface area contributed by atoms with Crippen LogP contribution in [0.25, 0.3) is 0 Å². The smallest absolute Gasteiger partial charge is 0.0593 e. The van der Waals surface area contributed by atoms with Gasteiger partial charge in [0.05, 0.1) is 6.04 Å². The molecule has 0 amide bonds. The largest absolute Gasteiger partial charge is 0.326 e. The van der Waals surface area contributed by atoms with Gasteiger partial charge in [-0.25, -0.2) is 0 Å². The molecule has 0 aromatic carbocycles. The van der Waals surface area contributed by atoms with E-state index in [2.05, 4.69) is 37.1 Å². The Labute approximate surface area is 102 Å². The van der Waals surface area contributed by atoms with Crippen LogP contribution in [0.4, 0.5) is 0 Å². The molecule has 16 heavy (non-hydrogen) atoms. The van der Waals surface area contributed by atoms with Gasteiger partial charge in [0.1, 0.15) is 0 Å². The van der Waals surface area contributed by atoms with Gasteiger partial charge in [-0.2, -0.15) is 0 Å². The van der Waals surface area contributed by atoms with Crippen LogP contribution in [0.1, 0.15) is 36.8 Å². The molecule has 1 saturated heterocycles. The van der Waals surface area contributed by atoms with E-state index in [1.807, 2.05) is 11.3 Å². The van der Waals surface area contributed by atoms with Gasteiger partial charge in [0.25, 0.3) is 0 Å². The summed E-state index contributed by atoms with van der Waals surface area (Å²) < 4.78 is 0. The molecule has 1 aliphatic heterocycles. The highest BCUT2D eigenvalue weighted by atomic mass is 32.1. The van der Waals surface area contributed by atoms with E-state index in [4.69, 9.17) is 5.73 Å². The zero-order valence-electron chi connectivity index (χ0n) is 10.4. The molecule has 3 unspecified atom stereocenters. The van der Waals surface area contributed by atoms with Gasteiger partial charge in [0.15, 0.2) is 0 Å². The highest BCUT2D eigenvalue weighted by Gasteiger charge is 2.30. The quantitative estimate of drug-likeness (QED) is 0.877. The summed E-state index contributed by atoms with van der Waals surface area (Å²) >= 11 is 1.85. The molecule has 1 fully saturated rings. The molecular formula is C13H22N2S. The van der Waals surface area contributed by atoms with Crippen molar-refractivity contribution in [1.29, 1.82) is 0 Å². The predicted molar refractivity (Wildman–Crippen MR) is 70.8 cm³/mol. The van der Waals surface area contributed by atoms with Crippen LogP contribution in [0.2, 0.25) is 0 Å². The van der Waals surface area contributed by atoms with Gasteiger partial charge in [-0.1, -0.05) is 6.92 Å². The van der Waals surface area contributed by atoms with Gasteiger partial charge in [0.2, 0.25) is 0 Å². The molecule has 0 radical (unpaired) electrons. The Morgan fingerprint density at radius 1 is 1.56 bits per heavy atom. The fraction of sp³-hybridized carbons (Fsp3) is 0.692. The Hall–Kier alpha value is -0.380. The molecule has 3 atom stereocenters. The minimum atomic E-state index is 0.211. The average Bonchev–Trinajstić information content (AvgIpc) is 2.78. The number of nitrogens with zero attached hydrogens (tertiary/aromatic N) is 1. The summed E-state index contributed by atoms with van der Waals surface area (Å²) in [7, 11) is 0. The van der Waals surface area contributed by atoms with Crippen molar-refractivity contribution in [2.24, 2.45) is 11.7 Å². The highest BCUT2D eigenvalue weighted by molar-refractivity contribution is 7.10. The summed E-state index contributed by atoms with van der Waals surface area (Å²) in [6.45, 7) is 9.06. The summed E-state index contributed by atoms with van der Waals surface area (Å²) in [5.41, 5.74) is 7.58. The first kappa shape index (κ1) is 12.1. The van der Waals surface area contributed by atoms with Gasteiger partial charge in [0, 0.05) is 17.5 Å². The van der Waals surface area contributed by atoms with Crippen LogP contribution in [0.5, 0.6) is 0 Å². The monoisotopic (exact) mass is 238 g/mol. The maximum Gasteiger partial charge on any atom is 0.0593 e. The molecule has 2 heterocycles. The van der Waals surface area contributed by atoms with Crippen molar-refractivity contribution in [3.63, 3.8) is 0 Å². The molecule has 2 nitrogen and oxygen atoms in total. The van der Waals surface area contributed by atoms with Crippen LogP contribution in [0, 0.1) is 12.8 Å². The maximum atomic E-state index is 6.19. The fourth-order valence-corrected chi connectivity index (χ4v) is 3.82. The summed E-state index contributed by atoms with van der Waals surface area (Å²) in [6.07, 6.45) is 1.31. The van der Waals surface area contributed by atoms with Crippen molar-refractivity contribution >= 4 is 11.3 Å². The molecule has 1 aliphatic rings. The van der Waals surface area contributed by atoms with Crippen molar-refractivity contribution in [2.75, 3.05) is 13.1 Å². The second-order valence-corrected chi connectivity index (χ2v) is 6.11. The molecule has 1 aromatic rings. The van der Waals surface area contributed by atoms with Crippen LogP contribution in [0.3, 0.4) is 0 Å². The van der Waals surface area contributed by atoms with E-state index < -0.39 is 0 Å². The molecule has 0 spiro atoms. The number of hydrogen-bond acceptors (Lipinski definition) is 3. The highest BCUT2D eigenvalue weighted by Crippen LogP contribution is 2.34. The lowest BCUT2D eigenvalue weighted by atomic mass is 10.0. The summed E-state index contributed by atoms with van der Waals surface area (Å²) in [4.78, 5) is 4.03. The Balaban J connectivity index is 2.21. The summed E-state index contributed by atoms with van der Waals surface area (Å²) in [6, 6.07) is 2.84. The third-order valence-electron chi connectivity index (χ3n) is 3.52. The number of likely N-dealkylation sites (tertiary alicyclic amines) is 1. The Morgan fingerprint density at radius 3 is 2.75 bits per heavy atom. The lowest BCUT2D eigenvalue weighted by molar-refractivity contribution is 0.215. The van der Waals surface area contributed by atoms with E-state index in [9.17, 15) is 0 Å². The van der Waals surface area contributed by atoms with Crippen molar-refractivity contribution in [3.8, 4) is 0 Å². The first-order chi connectivity index (χ1) is 7.59. The van der Waals surface area contributed by atoms with E-state index in [1.165, 1.54) is 30.0 Å². The Bertz CT molecular complexity index is 345. The van der Waals surface area contributed by atoms with E-state index in [1.54, 1.807) is 0 Å². The number of aryl methyl sites for hydroxylation is 1. The molecule has 3 heteroatoms. The number of nitrogens with two attached hydrogens (primary N) is 1. The van der Waals surface area contributed by atoms with Gasteiger partial charge in [-0.15, -0.1) is 11.3 Å². The molecule has 0 aliphatic carbocycles. The number of hydrogen-bond donors (Lipinski definition) is 1. The first-order valence-electron chi connectivity index (χ1n) is 6.13. The van der Waals surface area contributed by atoms with Crippen LogP contribution < -0.4 is 5.73 Å². The van der Waals surface area contributed by atoms with E-state index >= 15 is 0 Å². The Morgan fingerprint density at radius 2 is 2.31 bits per heavy atom. The van der Waals surface area contributed by atoms with Crippen LogP contribution in [-0.2, 0) is 0 Å². The van der Waals surface area contributed by atoms with Crippen molar-refractivity contribution in [1.82, 2.24) is 4.90 Å². The SMILES string of the molecule is Cc1ccsc1C(C(C)N)N1CCC(C)C1. The van der Waals surface area contributed by atoms with E-state index in [-0.39, 0.29) is 6.04 Å². The first-order valence-corrected chi connectivity index (χ1v) is 7.01. The molecule has 90 valence electrons. The zero-order valence-corrected chi connectivity index (χ0v) is 11.3. The molecule has 2 N–H and O–H groups in total. The maximum absolute atomic E-state index is 6.19. The molecule has 2 rings (SSSR count). The summed E-state index contributed by atoms with van der Waals surface area (Å²) in [5, 5.41) is 2.18. The van der Waals surface area contributed by atoms with Crippen LogP contribution in [0.15, 0.2) is 11.4 Å². The van der Waals surface area contributed by atoms with Crippen molar-refractivity contribution < 1.29 is 0 Å². The molecule has 0 saturated carbocycles. The average molecular weight is 238 g/mol. The van der Waals surface area contributed by atoms with Gasteiger partial charge in [-0.3, -0.25) is 4.90 Å². The molecular weight excluding hydrogens is 216 g/mol. The minimum absolute atomic E-state index is 0.211. The Kier molecular flexibility index (Phi) is 3.67. The van der Waals surface area contributed by atoms with Crippen LogP contribution >= 0.6 is 11.3 Å². The van der Waals surface area contributed by atoms with Crippen molar-refractivity contribution in [3.05, 3.63) is 21.9 Å². The second-order valence-electron chi connectivity index (χ2n) is 5.16. The zero-order chi connectivity index (χ0) is 11.7. The lowest BCUT2D eigenvalue weighted by Gasteiger charge is -2.30. The minimum Gasteiger partial charge on any atom is -0.326 e. The lowest BCUT2D eigenvalue weighted by Crippen LogP contribution is -2.38. The topological polar surface area (TPSA) is 29.3 Å². The number of rotatable bonds is 3. The van der Waals surface area contributed by atoms with Crippen molar-refractivity contribution in [2.45, 2.75) is 39.3 Å². The van der Waals surface area contributed by atoms with Gasteiger partial charge < -0.3 is 5.73 Å². The van der Waals surface area contributed by atoms with Crippen LogP contribution in [-0.4, -0.2) is 24.0 Å². The number of thiophene rings is 1. The molecule has 1 aromatic heterocycles. The third kappa shape index (κ3) is 2.31.